The van der Waals surface area contributed by atoms with Gasteiger partial charge in [-0.2, -0.15) is 0 Å². The van der Waals surface area contributed by atoms with Crippen molar-refractivity contribution in [1.82, 2.24) is 0 Å². The number of carbonyl (C=O) groups is 1. The lowest BCUT2D eigenvalue weighted by molar-refractivity contribution is -0.146. The number of hydrogen-bond acceptors (Lipinski definition) is 5. The van der Waals surface area contributed by atoms with Crippen LogP contribution in [0.15, 0.2) is 0 Å². The summed E-state index contributed by atoms with van der Waals surface area (Å²) in [4.78, 5) is 11.0. The molecular formula is C10H22O5Si. The van der Waals surface area contributed by atoms with Crippen molar-refractivity contribution >= 4 is 14.8 Å². The molecule has 0 radical (unpaired) electrons. The Labute approximate surface area is 98.4 Å². The lowest BCUT2D eigenvalue weighted by Gasteiger charge is -2.32. The van der Waals surface area contributed by atoms with Gasteiger partial charge in [-0.15, -0.1) is 0 Å². The maximum Gasteiger partial charge on any atom is 0.543 e. The van der Waals surface area contributed by atoms with Crippen LogP contribution in [0.4, 0.5) is 0 Å². The summed E-state index contributed by atoms with van der Waals surface area (Å²) in [5.74, 6) is -0.347. The maximum atomic E-state index is 11.0. The molecule has 0 aromatic rings. The van der Waals surface area contributed by atoms with Crippen molar-refractivity contribution in [1.29, 1.82) is 0 Å². The Morgan fingerprint density at radius 1 is 1.19 bits per heavy atom. The molecule has 0 aromatic heterocycles. The van der Waals surface area contributed by atoms with Crippen LogP contribution in [0.1, 0.15) is 34.1 Å². The number of carbonyl (C=O) groups excluding carboxylic acids is 1. The average molecular weight is 250 g/mol. The van der Waals surface area contributed by atoms with Crippen LogP contribution in [-0.4, -0.2) is 40.8 Å². The topological polar surface area (TPSA) is 54.0 Å². The van der Waals surface area contributed by atoms with Crippen molar-refractivity contribution < 1.29 is 22.8 Å². The van der Waals surface area contributed by atoms with Gasteiger partial charge in [0.15, 0.2) is 5.73 Å². The standard InChI is InChI=1S/C10H22O5Si/c1-6-10(15-9(4)11)16(12-5,13-7-2)14-8-3/h10H,6-8H2,1-5H3. The van der Waals surface area contributed by atoms with Crippen molar-refractivity contribution in [3.63, 3.8) is 0 Å². The number of hydrogen-bond donors (Lipinski definition) is 0. The van der Waals surface area contributed by atoms with Gasteiger partial charge in [0.1, 0.15) is 0 Å². The molecule has 0 amide bonds. The van der Waals surface area contributed by atoms with Gasteiger partial charge in [0, 0.05) is 27.2 Å². The lowest BCUT2D eigenvalue weighted by Crippen LogP contribution is -2.57. The molecule has 0 aromatic carbocycles. The van der Waals surface area contributed by atoms with Crippen LogP contribution in [0.5, 0.6) is 0 Å². The predicted molar refractivity (Wildman–Crippen MR) is 61.9 cm³/mol. The Bertz CT molecular complexity index is 203. The first-order valence-corrected chi connectivity index (χ1v) is 7.36. The lowest BCUT2D eigenvalue weighted by atomic mass is 10.5. The second kappa shape index (κ2) is 7.78. The highest BCUT2D eigenvalue weighted by Crippen LogP contribution is 2.19. The first-order chi connectivity index (χ1) is 7.56. The van der Waals surface area contributed by atoms with Crippen LogP contribution in [0.25, 0.3) is 0 Å². The molecule has 0 N–H and O–H groups in total. The Morgan fingerprint density at radius 3 is 1.94 bits per heavy atom. The molecule has 0 fully saturated rings. The van der Waals surface area contributed by atoms with Crippen molar-refractivity contribution in [2.75, 3.05) is 20.3 Å². The molecule has 0 heterocycles. The van der Waals surface area contributed by atoms with Gasteiger partial charge in [-0.25, -0.2) is 0 Å². The number of ether oxygens (including phenoxy) is 1. The Morgan fingerprint density at radius 2 is 1.69 bits per heavy atom. The van der Waals surface area contributed by atoms with Gasteiger partial charge in [-0.3, -0.25) is 4.79 Å². The van der Waals surface area contributed by atoms with Gasteiger partial charge >= 0.3 is 14.8 Å². The Kier molecular flexibility index (Phi) is 7.57. The van der Waals surface area contributed by atoms with E-state index in [1.165, 1.54) is 14.0 Å². The molecule has 6 heteroatoms. The quantitative estimate of drug-likeness (QED) is 0.483. The van der Waals surface area contributed by atoms with Gasteiger partial charge in [0.25, 0.3) is 0 Å². The molecule has 1 unspecified atom stereocenters. The summed E-state index contributed by atoms with van der Waals surface area (Å²) in [6.45, 7) is 7.94. The fraction of sp³-hybridized carbons (Fsp3) is 0.900. The summed E-state index contributed by atoms with van der Waals surface area (Å²) in [7, 11) is -1.37. The predicted octanol–water partition coefficient (Wildman–Crippen LogP) is 1.53. The second-order valence-electron chi connectivity index (χ2n) is 3.18. The maximum absolute atomic E-state index is 11.0. The first kappa shape index (κ1) is 15.6. The van der Waals surface area contributed by atoms with Gasteiger partial charge in [0.2, 0.25) is 0 Å². The average Bonchev–Trinajstić information content (AvgIpc) is 2.25. The zero-order chi connectivity index (χ0) is 12.6. The van der Waals surface area contributed by atoms with Crippen LogP contribution in [0.2, 0.25) is 0 Å². The molecular weight excluding hydrogens is 228 g/mol. The molecule has 16 heavy (non-hydrogen) atoms. The summed E-state index contributed by atoms with van der Waals surface area (Å²) in [5, 5.41) is 0. The third-order valence-corrected chi connectivity index (χ3v) is 5.31. The normalized spacial score (nSPS) is 13.6. The Balaban J connectivity index is 4.84. The van der Waals surface area contributed by atoms with E-state index in [1.54, 1.807) is 0 Å². The monoisotopic (exact) mass is 250 g/mol. The highest BCUT2D eigenvalue weighted by molar-refractivity contribution is 6.62. The van der Waals surface area contributed by atoms with Crippen molar-refractivity contribution in [2.45, 2.75) is 39.8 Å². The molecule has 0 saturated heterocycles. The largest absolute Gasteiger partial charge is 0.543 e. The molecule has 96 valence electrons. The Hall–Kier alpha value is -0.433. The zero-order valence-corrected chi connectivity index (χ0v) is 11.7. The SMILES string of the molecule is CCO[Si](OC)(OCC)C(CC)OC(C)=O. The van der Waals surface area contributed by atoms with E-state index >= 15 is 0 Å². The second-order valence-corrected chi connectivity index (χ2v) is 6.02. The van der Waals surface area contributed by atoms with E-state index in [2.05, 4.69) is 0 Å². The van der Waals surface area contributed by atoms with Gasteiger partial charge < -0.3 is 18.0 Å². The van der Waals surface area contributed by atoms with E-state index in [-0.39, 0.29) is 5.97 Å². The van der Waals surface area contributed by atoms with E-state index in [0.717, 1.165) is 0 Å². The van der Waals surface area contributed by atoms with E-state index in [1.807, 2.05) is 20.8 Å². The molecule has 0 saturated carbocycles. The van der Waals surface area contributed by atoms with Crippen molar-refractivity contribution in [2.24, 2.45) is 0 Å². The van der Waals surface area contributed by atoms with Gasteiger partial charge in [-0.05, 0) is 20.3 Å². The van der Waals surface area contributed by atoms with Gasteiger partial charge in [0.05, 0.1) is 0 Å². The van der Waals surface area contributed by atoms with E-state index in [4.69, 9.17) is 18.0 Å². The molecule has 0 spiro atoms. The highest BCUT2D eigenvalue weighted by atomic mass is 28.4. The molecule has 5 nitrogen and oxygen atoms in total. The molecule has 0 rings (SSSR count). The molecule has 1 atom stereocenters. The van der Waals surface area contributed by atoms with Crippen LogP contribution in [-0.2, 0) is 22.8 Å². The minimum Gasteiger partial charge on any atom is -0.458 e. The summed E-state index contributed by atoms with van der Waals surface area (Å²) in [6.07, 6.45) is 0.611. The highest BCUT2D eigenvalue weighted by Gasteiger charge is 2.50. The fourth-order valence-corrected chi connectivity index (χ4v) is 4.05. The molecule has 0 bridgehead atoms. The fourth-order valence-electron chi connectivity index (χ4n) is 1.49. The number of esters is 1. The van der Waals surface area contributed by atoms with Crippen molar-refractivity contribution in [3.8, 4) is 0 Å². The van der Waals surface area contributed by atoms with E-state index in [0.29, 0.717) is 19.6 Å². The van der Waals surface area contributed by atoms with Gasteiger partial charge in [-0.1, -0.05) is 6.92 Å². The summed E-state index contributed by atoms with van der Waals surface area (Å²) >= 11 is 0. The van der Waals surface area contributed by atoms with E-state index in [9.17, 15) is 4.79 Å². The smallest absolute Gasteiger partial charge is 0.458 e. The molecule has 0 aliphatic carbocycles. The zero-order valence-electron chi connectivity index (χ0n) is 10.7. The van der Waals surface area contributed by atoms with Crippen LogP contribution in [0.3, 0.4) is 0 Å². The summed E-state index contributed by atoms with van der Waals surface area (Å²) in [6, 6.07) is 0. The van der Waals surface area contributed by atoms with E-state index < -0.39 is 14.5 Å². The first-order valence-electron chi connectivity index (χ1n) is 5.56. The van der Waals surface area contributed by atoms with Crippen LogP contribution >= 0.6 is 0 Å². The minimum absolute atomic E-state index is 0.347. The summed E-state index contributed by atoms with van der Waals surface area (Å²) in [5.41, 5.74) is -0.435. The van der Waals surface area contributed by atoms with Crippen LogP contribution in [0, 0.1) is 0 Å². The molecule has 0 aliphatic rings. The third kappa shape index (κ3) is 4.21. The van der Waals surface area contributed by atoms with Crippen LogP contribution < -0.4 is 0 Å². The number of rotatable bonds is 8. The molecule has 0 aliphatic heterocycles. The third-order valence-electron chi connectivity index (χ3n) is 2.05. The summed E-state index contributed by atoms with van der Waals surface area (Å²) < 4.78 is 21.8. The minimum atomic E-state index is -2.90. The van der Waals surface area contributed by atoms with Crippen molar-refractivity contribution in [3.05, 3.63) is 0 Å².